The second kappa shape index (κ2) is 7.50. The molecule has 3 heterocycles. The Kier molecular flexibility index (Phi) is 4.74. The summed E-state index contributed by atoms with van der Waals surface area (Å²) in [5.74, 6) is 0.626. The van der Waals surface area contributed by atoms with Gasteiger partial charge in [0.15, 0.2) is 0 Å². The highest BCUT2D eigenvalue weighted by Crippen LogP contribution is 2.31. The van der Waals surface area contributed by atoms with E-state index in [1.807, 2.05) is 11.3 Å². The van der Waals surface area contributed by atoms with E-state index >= 15 is 0 Å². The van der Waals surface area contributed by atoms with E-state index < -0.39 is 0 Å². The van der Waals surface area contributed by atoms with E-state index in [4.69, 9.17) is 9.97 Å². The number of nitrogens with zero attached hydrogens (tertiary/aromatic N) is 2. The third kappa shape index (κ3) is 3.68. The van der Waals surface area contributed by atoms with E-state index in [1.165, 1.54) is 46.9 Å². The molecule has 1 N–H and O–H groups in total. The molecule has 3 nitrogen and oxygen atoms in total. The van der Waals surface area contributed by atoms with Gasteiger partial charge in [0, 0.05) is 29.7 Å². The van der Waals surface area contributed by atoms with Gasteiger partial charge in [-0.2, -0.15) is 0 Å². The SMILES string of the molecule is c1ccc(-c2nc(C[NH+]3CCC(c4nc5ccccc5s4)CC3)cs2)cc1. The molecule has 0 radical (unpaired) electrons. The molecule has 0 amide bonds. The molecule has 2 aromatic carbocycles. The summed E-state index contributed by atoms with van der Waals surface area (Å²) >= 11 is 3.64. The van der Waals surface area contributed by atoms with Crippen LogP contribution in [0.3, 0.4) is 0 Å². The molecule has 1 saturated heterocycles. The van der Waals surface area contributed by atoms with Crippen molar-refractivity contribution in [1.82, 2.24) is 9.97 Å². The zero-order valence-corrected chi connectivity index (χ0v) is 16.7. The molecule has 1 aliphatic rings. The lowest BCUT2D eigenvalue weighted by Gasteiger charge is -2.27. The first-order valence-corrected chi connectivity index (χ1v) is 11.2. The summed E-state index contributed by atoms with van der Waals surface area (Å²) < 4.78 is 1.32. The molecule has 4 aromatic rings. The van der Waals surface area contributed by atoms with Crippen LogP contribution in [0.4, 0.5) is 0 Å². The zero-order valence-electron chi connectivity index (χ0n) is 15.1. The fourth-order valence-electron chi connectivity index (χ4n) is 3.87. The number of benzene rings is 2. The Hall–Kier alpha value is -2.08. The van der Waals surface area contributed by atoms with Gasteiger partial charge in [0.25, 0.3) is 0 Å². The van der Waals surface area contributed by atoms with Crippen LogP contribution < -0.4 is 4.90 Å². The average molecular weight is 393 g/mol. The summed E-state index contributed by atoms with van der Waals surface area (Å²) in [6.45, 7) is 3.45. The van der Waals surface area contributed by atoms with Crippen molar-refractivity contribution >= 4 is 32.9 Å². The maximum atomic E-state index is 4.88. The van der Waals surface area contributed by atoms with Gasteiger partial charge in [0.05, 0.1) is 28.3 Å². The second-order valence-corrected chi connectivity index (χ2v) is 9.15. The summed E-state index contributed by atoms with van der Waals surface area (Å²) in [6.07, 6.45) is 2.45. The number of likely N-dealkylation sites (tertiary alicyclic amines) is 1. The Labute approximate surface area is 167 Å². The maximum Gasteiger partial charge on any atom is 0.123 e. The van der Waals surface area contributed by atoms with E-state index in [0.717, 1.165) is 17.1 Å². The van der Waals surface area contributed by atoms with Crippen molar-refractivity contribution in [2.24, 2.45) is 0 Å². The van der Waals surface area contributed by atoms with Crippen LogP contribution in [0.25, 0.3) is 20.8 Å². The molecule has 0 saturated carbocycles. The fourth-order valence-corrected chi connectivity index (χ4v) is 5.83. The molecule has 27 heavy (non-hydrogen) atoms. The zero-order chi connectivity index (χ0) is 18.1. The average Bonchev–Trinajstić information content (AvgIpc) is 3.36. The van der Waals surface area contributed by atoms with Crippen molar-refractivity contribution in [2.45, 2.75) is 25.3 Å². The molecule has 0 bridgehead atoms. The van der Waals surface area contributed by atoms with Crippen molar-refractivity contribution in [3.05, 3.63) is 70.7 Å². The highest BCUT2D eigenvalue weighted by molar-refractivity contribution is 7.18. The van der Waals surface area contributed by atoms with Crippen LogP contribution in [-0.2, 0) is 6.54 Å². The van der Waals surface area contributed by atoms with Gasteiger partial charge < -0.3 is 4.90 Å². The molecule has 5 heteroatoms. The van der Waals surface area contributed by atoms with Crippen molar-refractivity contribution in [2.75, 3.05) is 13.1 Å². The highest BCUT2D eigenvalue weighted by atomic mass is 32.1. The van der Waals surface area contributed by atoms with Crippen molar-refractivity contribution in [1.29, 1.82) is 0 Å². The number of aromatic nitrogens is 2. The summed E-state index contributed by atoms with van der Waals surface area (Å²) in [6, 6.07) is 19.0. The van der Waals surface area contributed by atoms with E-state index in [1.54, 1.807) is 16.2 Å². The van der Waals surface area contributed by atoms with Crippen LogP contribution in [0.1, 0.15) is 29.5 Å². The standard InChI is InChI=1S/C22H21N3S2/c1-2-6-16(7-3-1)21-23-18(15-26-21)14-25-12-10-17(11-13-25)22-24-19-8-4-5-9-20(19)27-22/h1-9,15,17H,10-14H2/p+1. The van der Waals surface area contributed by atoms with Gasteiger partial charge in [-0.3, -0.25) is 0 Å². The first-order valence-electron chi connectivity index (χ1n) is 9.54. The van der Waals surface area contributed by atoms with E-state index in [0.29, 0.717) is 5.92 Å². The molecule has 0 atom stereocenters. The Morgan fingerprint density at radius 3 is 2.52 bits per heavy atom. The monoisotopic (exact) mass is 392 g/mol. The molecule has 0 unspecified atom stereocenters. The molecule has 5 rings (SSSR count). The number of fused-ring (bicyclic) bond motifs is 1. The lowest BCUT2D eigenvalue weighted by molar-refractivity contribution is -0.919. The first-order chi connectivity index (χ1) is 13.3. The van der Waals surface area contributed by atoms with Crippen LogP contribution in [0.5, 0.6) is 0 Å². The molecular weight excluding hydrogens is 370 g/mol. The maximum absolute atomic E-state index is 4.88. The Bertz CT molecular complexity index is 997. The number of hydrogen-bond acceptors (Lipinski definition) is 4. The van der Waals surface area contributed by atoms with Gasteiger partial charge in [-0.05, 0) is 12.1 Å². The smallest absolute Gasteiger partial charge is 0.123 e. The minimum absolute atomic E-state index is 0.626. The predicted molar refractivity (Wildman–Crippen MR) is 114 cm³/mol. The van der Waals surface area contributed by atoms with E-state index in [2.05, 4.69) is 60.0 Å². The van der Waals surface area contributed by atoms with E-state index in [-0.39, 0.29) is 0 Å². The summed E-state index contributed by atoms with van der Waals surface area (Å²) in [5.41, 5.74) is 3.61. The third-order valence-corrected chi connectivity index (χ3v) is 7.50. The Morgan fingerprint density at radius 2 is 1.70 bits per heavy atom. The fraction of sp³-hybridized carbons (Fsp3) is 0.273. The van der Waals surface area contributed by atoms with Gasteiger partial charge in [0.2, 0.25) is 0 Å². The van der Waals surface area contributed by atoms with Crippen molar-refractivity contribution in [3.8, 4) is 10.6 Å². The van der Waals surface area contributed by atoms with Crippen molar-refractivity contribution in [3.63, 3.8) is 0 Å². The topological polar surface area (TPSA) is 30.2 Å². The molecule has 136 valence electrons. The van der Waals surface area contributed by atoms with Gasteiger partial charge >= 0.3 is 0 Å². The lowest BCUT2D eigenvalue weighted by atomic mass is 9.97. The quantitative estimate of drug-likeness (QED) is 0.559. The molecular formula is C22H22N3S2+. The van der Waals surface area contributed by atoms with Crippen molar-refractivity contribution < 1.29 is 4.90 Å². The van der Waals surface area contributed by atoms with Crippen LogP contribution in [0.15, 0.2) is 60.0 Å². The molecule has 1 aliphatic heterocycles. The summed E-state index contributed by atoms with van der Waals surface area (Å²) in [7, 11) is 0. The minimum atomic E-state index is 0.626. The van der Waals surface area contributed by atoms with Gasteiger partial charge in [-0.25, -0.2) is 9.97 Å². The predicted octanol–water partition coefficient (Wildman–Crippen LogP) is 4.38. The largest absolute Gasteiger partial charge is 0.330 e. The number of nitrogens with one attached hydrogen (secondary N) is 1. The van der Waals surface area contributed by atoms with E-state index in [9.17, 15) is 0 Å². The number of rotatable bonds is 4. The number of para-hydroxylation sites is 1. The molecule has 0 aliphatic carbocycles. The van der Waals surface area contributed by atoms with Gasteiger partial charge in [0.1, 0.15) is 17.2 Å². The molecule has 0 spiro atoms. The normalized spacial score (nSPS) is 20.1. The minimum Gasteiger partial charge on any atom is -0.330 e. The number of hydrogen-bond donors (Lipinski definition) is 1. The van der Waals surface area contributed by atoms with Crippen LogP contribution in [-0.4, -0.2) is 23.1 Å². The first kappa shape index (κ1) is 17.0. The summed E-state index contributed by atoms with van der Waals surface area (Å²) in [4.78, 5) is 11.4. The van der Waals surface area contributed by atoms with Crippen LogP contribution >= 0.6 is 22.7 Å². The van der Waals surface area contributed by atoms with Crippen LogP contribution in [0.2, 0.25) is 0 Å². The summed E-state index contributed by atoms with van der Waals surface area (Å²) in [5, 5.41) is 4.69. The highest BCUT2D eigenvalue weighted by Gasteiger charge is 2.26. The lowest BCUT2D eigenvalue weighted by Crippen LogP contribution is -3.11. The number of piperidine rings is 1. The number of thiazole rings is 2. The van der Waals surface area contributed by atoms with Crippen LogP contribution in [0, 0.1) is 0 Å². The Balaban J connectivity index is 1.21. The number of quaternary nitrogens is 1. The third-order valence-electron chi connectivity index (χ3n) is 5.36. The van der Waals surface area contributed by atoms with Gasteiger partial charge in [-0.15, -0.1) is 22.7 Å². The molecule has 1 fully saturated rings. The molecule has 2 aromatic heterocycles. The van der Waals surface area contributed by atoms with Gasteiger partial charge in [-0.1, -0.05) is 42.5 Å². The second-order valence-electron chi connectivity index (χ2n) is 7.23. The Morgan fingerprint density at radius 1 is 0.926 bits per heavy atom.